The van der Waals surface area contributed by atoms with Crippen molar-refractivity contribution in [2.45, 2.75) is 13.8 Å². The lowest BCUT2D eigenvalue weighted by atomic mass is 10.1. The number of carbonyl (C=O) groups excluding carboxylic acids is 1. The SMILES string of the molecule is COc1ccc(-c2nc(NC(=O)c3cc(C)n(-c4ccccc4)n3)sc2C)cc1. The number of thiazole rings is 1. The van der Waals surface area contributed by atoms with Crippen LogP contribution in [0.2, 0.25) is 0 Å². The van der Waals surface area contributed by atoms with Crippen molar-refractivity contribution >= 4 is 22.4 Å². The molecule has 0 aliphatic carbocycles. The lowest BCUT2D eigenvalue weighted by Gasteiger charge is -2.03. The smallest absolute Gasteiger partial charge is 0.277 e. The number of ether oxygens (including phenoxy) is 1. The third-order valence-corrected chi connectivity index (χ3v) is 5.39. The molecule has 2 aromatic heterocycles. The minimum atomic E-state index is -0.280. The van der Waals surface area contributed by atoms with Gasteiger partial charge in [0.25, 0.3) is 5.91 Å². The van der Waals surface area contributed by atoms with Crippen molar-refractivity contribution < 1.29 is 9.53 Å². The second-order valence-electron chi connectivity index (χ2n) is 6.52. The molecular formula is C22H20N4O2S. The summed E-state index contributed by atoms with van der Waals surface area (Å²) in [5, 5.41) is 7.87. The van der Waals surface area contributed by atoms with Crippen molar-refractivity contribution in [3.63, 3.8) is 0 Å². The Balaban J connectivity index is 1.55. The molecule has 2 aromatic carbocycles. The Morgan fingerprint density at radius 3 is 2.48 bits per heavy atom. The number of hydrogen-bond acceptors (Lipinski definition) is 5. The van der Waals surface area contributed by atoms with Gasteiger partial charge in [-0.05, 0) is 56.3 Å². The summed E-state index contributed by atoms with van der Waals surface area (Å²) < 4.78 is 6.96. The summed E-state index contributed by atoms with van der Waals surface area (Å²) in [6.45, 7) is 3.91. The van der Waals surface area contributed by atoms with Crippen molar-refractivity contribution in [3.8, 4) is 22.7 Å². The van der Waals surface area contributed by atoms with E-state index in [0.29, 0.717) is 10.8 Å². The van der Waals surface area contributed by atoms with Gasteiger partial charge in [-0.1, -0.05) is 18.2 Å². The molecule has 0 aliphatic heterocycles. The van der Waals surface area contributed by atoms with E-state index >= 15 is 0 Å². The van der Waals surface area contributed by atoms with E-state index in [4.69, 9.17) is 4.74 Å². The Bertz CT molecular complexity index is 1150. The lowest BCUT2D eigenvalue weighted by Crippen LogP contribution is -2.13. The molecule has 0 fully saturated rings. The van der Waals surface area contributed by atoms with Crippen LogP contribution in [0.15, 0.2) is 60.7 Å². The van der Waals surface area contributed by atoms with Crippen LogP contribution in [0.5, 0.6) is 5.75 Å². The first-order chi connectivity index (χ1) is 14.0. The maximum Gasteiger partial charge on any atom is 0.277 e. The van der Waals surface area contributed by atoms with E-state index in [0.717, 1.165) is 33.3 Å². The van der Waals surface area contributed by atoms with E-state index in [9.17, 15) is 4.79 Å². The first-order valence-corrected chi connectivity index (χ1v) is 9.92. The summed E-state index contributed by atoms with van der Waals surface area (Å²) in [4.78, 5) is 18.3. The summed E-state index contributed by atoms with van der Waals surface area (Å²) in [7, 11) is 1.64. The van der Waals surface area contributed by atoms with Gasteiger partial charge in [0.2, 0.25) is 0 Å². The predicted molar refractivity (Wildman–Crippen MR) is 115 cm³/mol. The molecule has 6 nitrogen and oxygen atoms in total. The van der Waals surface area contributed by atoms with Gasteiger partial charge in [0.1, 0.15) is 5.75 Å². The van der Waals surface area contributed by atoms with Crippen molar-refractivity contribution in [2.75, 3.05) is 12.4 Å². The van der Waals surface area contributed by atoms with E-state index in [1.807, 2.05) is 68.4 Å². The number of benzene rings is 2. The van der Waals surface area contributed by atoms with Gasteiger partial charge in [0, 0.05) is 16.1 Å². The number of rotatable bonds is 5. The molecule has 0 saturated heterocycles. The summed E-state index contributed by atoms with van der Waals surface area (Å²) in [5.41, 5.74) is 3.97. The monoisotopic (exact) mass is 404 g/mol. The normalized spacial score (nSPS) is 10.7. The van der Waals surface area contributed by atoms with E-state index < -0.39 is 0 Å². The zero-order valence-corrected chi connectivity index (χ0v) is 17.2. The van der Waals surface area contributed by atoms with E-state index in [2.05, 4.69) is 15.4 Å². The largest absolute Gasteiger partial charge is 0.497 e. The van der Waals surface area contributed by atoms with Crippen LogP contribution in [0.3, 0.4) is 0 Å². The summed E-state index contributed by atoms with van der Waals surface area (Å²) in [6.07, 6.45) is 0. The molecule has 1 amide bonds. The fourth-order valence-corrected chi connectivity index (χ4v) is 3.87. The Hall–Kier alpha value is -3.45. The minimum Gasteiger partial charge on any atom is -0.497 e. The number of aryl methyl sites for hydroxylation is 2. The van der Waals surface area contributed by atoms with Crippen LogP contribution in [-0.2, 0) is 0 Å². The van der Waals surface area contributed by atoms with Gasteiger partial charge in [0.05, 0.1) is 18.5 Å². The van der Waals surface area contributed by atoms with Crippen LogP contribution >= 0.6 is 11.3 Å². The number of para-hydroxylation sites is 1. The molecule has 0 aliphatic rings. The predicted octanol–water partition coefficient (Wildman–Crippen LogP) is 4.87. The number of anilines is 1. The van der Waals surface area contributed by atoms with Crippen LogP contribution in [-0.4, -0.2) is 27.8 Å². The highest BCUT2D eigenvalue weighted by Gasteiger charge is 2.17. The average Bonchev–Trinajstić information content (AvgIpc) is 3.31. The van der Waals surface area contributed by atoms with Gasteiger partial charge < -0.3 is 4.74 Å². The molecule has 0 atom stereocenters. The van der Waals surface area contributed by atoms with Gasteiger partial charge in [-0.2, -0.15) is 5.10 Å². The quantitative estimate of drug-likeness (QED) is 0.515. The Morgan fingerprint density at radius 2 is 1.79 bits per heavy atom. The first-order valence-electron chi connectivity index (χ1n) is 9.10. The fraction of sp³-hybridized carbons (Fsp3) is 0.136. The number of aromatic nitrogens is 3. The zero-order valence-electron chi connectivity index (χ0n) is 16.3. The summed E-state index contributed by atoms with van der Waals surface area (Å²) in [5.74, 6) is 0.511. The van der Waals surface area contributed by atoms with Crippen molar-refractivity contribution in [2.24, 2.45) is 0 Å². The molecule has 7 heteroatoms. The molecule has 0 spiro atoms. The van der Waals surface area contributed by atoms with Crippen LogP contribution in [0.25, 0.3) is 16.9 Å². The fourth-order valence-electron chi connectivity index (χ4n) is 3.04. The highest BCUT2D eigenvalue weighted by atomic mass is 32.1. The maximum absolute atomic E-state index is 12.7. The third-order valence-electron chi connectivity index (χ3n) is 4.50. The molecule has 0 saturated carbocycles. The van der Waals surface area contributed by atoms with E-state index in [1.165, 1.54) is 11.3 Å². The molecule has 1 N–H and O–H groups in total. The molecule has 0 radical (unpaired) electrons. The van der Waals surface area contributed by atoms with Crippen molar-refractivity contribution in [1.29, 1.82) is 0 Å². The first kappa shape index (κ1) is 18.9. The van der Waals surface area contributed by atoms with Crippen LogP contribution in [0, 0.1) is 13.8 Å². The van der Waals surface area contributed by atoms with Gasteiger partial charge >= 0.3 is 0 Å². The highest BCUT2D eigenvalue weighted by molar-refractivity contribution is 7.16. The third kappa shape index (κ3) is 3.90. The van der Waals surface area contributed by atoms with Crippen LogP contribution in [0.1, 0.15) is 21.1 Å². The summed E-state index contributed by atoms with van der Waals surface area (Å²) in [6, 6.07) is 19.2. The number of nitrogens with one attached hydrogen (secondary N) is 1. The highest BCUT2D eigenvalue weighted by Crippen LogP contribution is 2.31. The topological polar surface area (TPSA) is 69.0 Å². The number of carbonyl (C=O) groups is 1. The molecule has 2 heterocycles. The number of amides is 1. The standard InChI is InChI=1S/C22H20N4O2S/c1-14-13-19(25-26(14)17-7-5-4-6-8-17)21(27)24-22-23-20(15(2)29-22)16-9-11-18(28-3)12-10-16/h4-13H,1-3H3,(H,23,24,27). The van der Waals surface area contributed by atoms with Gasteiger partial charge in [-0.25, -0.2) is 9.67 Å². The minimum absolute atomic E-state index is 0.280. The average molecular weight is 404 g/mol. The van der Waals surface area contributed by atoms with Crippen LogP contribution in [0.4, 0.5) is 5.13 Å². The number of nitrogens with zero attached hydrogens (tertiary/aromatic N) is 3. The molecule has 146 valence electrons. The summed E-state index contributed by atoms with van der Waals surface area (Å²) >= 11 is 1.44. The van der Waals surface area contributed by atoms with Gasteiger partial charge in [0.15, 0.2) is 10.8 Å². The Labute approximate surface area is 172 Å². The van der Waals surface area contributed by atoms with Crippen molar-refractivity contribution in [3.05, 3.63) is 76.9 Å². The van der Waals surface area contributed by atoms with Gasteiger partial charge in [-0.3, -0.25) is 10.1 Å². The van der Waals surface area contributed by atoms with Crippen LogP contribution < -0.4 is 10.1 Å². The molecule has 4 rings (SSSR count). The number of methoxy groups -OCH3 is 1. The lowest BCUT2D eigenvalue weighted by molar-refractivity contribution is 0.102. The maximum atomic E-state index is 12.7. The van der Waals surface area contributed by atoms with E-state index in [1.54, 1.807) is 17.9 Å². The Morgan fingerprint density at radius 1 is 1.07 bits per heavy atom. The molecule has 0 bridgehead atoms. The number of hydrogen-bond donors (Lipinski definition) is 1. The van der Waals surface area contributed by atoms with E-state index in [-0.39, 0.29) is 5.91 Å². The zero-order chi connectivity index (χ0) is 20.4. The molecule has 0 unspecified atom stereocenters. The molecular weight excluding hydrogens is 384 g/mol. The molecule has 4 aromatic rings. The van der Waals surface area contributed by atoms with Crippen molar-refractivity contribution in [1.82, 2.24) is 14.8 Å². The second kappa shape index (κ2) is 7.89. The Kier molecular flexibility index (Phi) is 5.14. The second-order valence-corrected chi connectivity index (χ2v) is 7.73. The van der Waals surface area contributed by atoms with Gasteiger partial charge in [-0.15, -0.1) is 11.3 Å². The molecule has 29 heavy (non-hydrogen) atoms.